The molecule has 0 aliphatic heterocycles. The number of benzene rings is 1. The Labute approximate surface area is 127 Å². The first-order valence-electron chi connectivity index (χ1n) is 7.09. The van der Waals surface area contributed by atoms with Gasteiger partial charge in [0.05, 0.1) is 12.6 Å². The Hall–Kier alpha value is -2.54. The molecule has 0 radical (unpaired) electrons. The van der Waals surface area contributed by atoms with Crippen molar-refractivity contribution < 1.29 is 9.05 Å². The van der Waals surface area contributed by atoms with Crippen LogP contribution in [0.2, 0.25) is 0 Å². The molecule has 3 aromatic rings. The molecule has 114 valence electrons. The molecule has 7 nitrogen and oxygen atoms in total. The Morgan fingerprint density at radius 3 is 2.55 bits per heavy atom. The van der Waals surface area contributed by atoms with E-state index in [2.05, 4.69) is 25.6 Å². The fraction of sp³-hybridized carbons (Fsp3) is 0.333. The summed E-state index contributed by atoms with van der Waals surface area (Å²) in [4.78, 5) is 8.55. The van der Waals surface area contributed by atoms with Crippen LogP contribution in [0.4, 0.5) is 0 Å². The van der Waals surface area contributed by atoms with Crippen molar-refractivity contribution in [3.63, 3.8) is 0 Å². The lowest BCUT2D eigenvalue weighted by Crippen LogP contribution is -2.19. The van der Waals surface area contributed by atoms with Crippen LogP contribution in [0, 0.1) is 6.92 Å². The average Bonchev–Trinajstić information content (AvgIpc) is 3.15. The van der Waals surface area contributed by atoms with E-state index in [9.17, 15) is 0 Å². The molecule has 0 bridgehead atoms. The molecule has 0 aliphatic rings. The summed E-state index contributed by atoms with van der Waals surface area (Å²) in [6.45, 7) is 4.19. The van der Waals surface area contributed by atoms with Crippen LogP contribution in [0.25, 0.3) is 0 Å². The van der Waals surface area contributed by atoms with Crippen LogP contribution < -0.4 is 5.32 Å². The van der Waals surface area contributed by atoms with E-state index in [1.807, 2.05) is 37.3 Å². The van der Waals surface area contributed by atoms with Crippen LogP contribution in [-0.4, -0.2) is 20.3 Å². The first-order valence-corrected chi connectivity index (χ1v) is 7.09. The van der Waals surface area contributed by atoms with Gasteiger partial charge in [0.2, 0.25) is 11.8 Å². The maximum absolute atomic E-state index is 5.30. The minimum Gasteiger partial charge on any atom is -0.340 e. The molecule has 0 amide bonds. The third kappa shape index (κ3) is 3.56. The van der Waals surface area contributed by atoms with Gasteiger partial charge in [0.15, 0.2) is 11.6 Å². The van der Waals surface area contributed by atoms with Gasteiger partial charge in [-0.15, -0.1) is 0 Å². The van der Waals surface area contributed by atoms with Crippen molar-refractivity contribution in [1.29, 1.82) is 0 Å². The molecule has 0 saturated carbocycles. The van der Waals surface area contributed by atoms with Crippen LogP contribution in [-0.2, 0) is 13.0 Å². The number of aryl methyl sites for hydroxylation is 1. The normalized spacial score (nSPS) is 12.5. The Morgan fingerprint density at radius 2 is 1.82 bits per heavy atom. The monoisotopic (exact) mass is 299 g/mol. The molecule has 0 unspecified atom stereocenters. The Kier molecular flexibility index (Phi) is 4.24. The molecule has 2 aromatic heterocycles. The van der Waals surface area contributed by atoms with Gasteiger partial charge in [-0.05, 0) is 12.5 Å². The summed E-state index contributed by atoms with van der Waals surface area (Å²) < 4.78 is 10.2. The number of nitrogens with one attached hydrogen (secondary N) is 1. The van der Waals surface area contributed by atoms with Gasteiger partial charge in [-0.2, -0.15) is 9.97 Å². The Morgan fingerprint density at radius 1 is 1.05 bits per heavy atom. The van der Waals surface area contributed by atoms with Crippen LogP contribution in [0.3, 0.4) is 0 Å². The highest BCUT2D eigenvalue weighted by molar-refractivity contribution is 5.18. The van der Waals surface area contributed by atoms with E-state index in [0.717, 1.165) is 5.56 Å². The SMILES string of the molecule is Cc1nc(CN[C@H](C)c2nc(Cc3ccccc3)no2)no1. The van der Waals surface area contributed by atoms with Crippen molar-refractivity contribution in [2.75, 3.05) is 0 Å². The van der Waals surface area contributed by atoms with E-state index < -0.39 is 0 Å². The molecule has 1 aromatic carbocycles. The summed E-state index contributed by atoms with van der Waals surface area (Å²) in [6.07, 6.45) is 0.654. The van der Waals surface area contributed by atoms with E-state index in [1.165, 1.54) is 0 Å². The second kappa shape index (κ2) is 6.48. The topological polar surface area (TPSA) is 89.9 Å². The zero-order valence-corrected chi connectivity index (χ0v) is 12.5. The van der Waals surface area contributed by atoms with E-state index in [4.69, 9.17) is 9.05 Å². The van der Waals surface area contributed by atoms with Crippen LogP contribution >= 0.6 is 0 Å². The first kappa shape index (κ1) is 14.4. The van der Waals surface area contributed by atoms with E-state index in [1.54, 1.807) is 6.92 Å². The van der Waals surface area contributed by atoms with Gasteiger partial charge in [0.1, 0.15) is 0 Å². The summed E-state index contributed by atoms with van der Waals surface area (Å²) >= 11 is 0. The fourth-order valence-electron chi connectivity index (χ4n) is 2.04. The molecule has 1 atom stereocenters. The third-order valence-corrected chi connectivity index (χ3v) is 3.20. The van der Waals surface area contributed by atoms with Gasteiger partial charge in [0, 0.05) is 13.3 Å². The van der Waals surface area contributed by atoms with Crippen LogP contribution in [0.5, 0.6) is 0 Å². The quantitative estimate of drug-likeness (QED) is 0.746. The first-order chi connectivity index (χ1) is 10.7. The van der Waals surface area contributed by atoms with E-state index in [0.29, 0.717) is 36.4 Å². The van der Waals surface area contributed by atoms with Crippen molar-refractivity contribution in [3.8, 4) is 0 Å². The molecule has 2 heterocycles. The molecule has 0 spiro atoms. The number of hydrogen-bond acceptors (Lipinski definition) is 7. The highest BCUT2D eigenvalue weighted by Gasteiger charge is 2.15. The van der Waals surface area contributed by atoms with Crippen molar-refractivity contribution >= 4 is 0 Å². The number of aromatic nitrogens is 4. The molecule has 0 saturated heterocycles. The van der Waals surface area contributed by atoms with Crippen LogP contribution in [0.15, 0.2) is 39.4 Å². The Bertz CT molecular complexity index is 722. The van der Waals surface area contributed by atoms with Crippen LogP contribution in [0.1, 0.15) is 42.0 Å². The number of rotatable bonds is 6. The van der Waals surface area contributed by atoms with Gasteiger partial charge < -0.3 is 9.05 Å². The second-order valence-electron chi connectivity index (χ2n) is 5.04. The summed E-state index contributed by atoms with van der Waals surface area (Å²) in [5.74, 6) is 2.37. The zero-order valence-electron chi connectivity index (χ0n) is 12.5. The lowest BCUT2D eigenvalue weighted by atomic mass is 10.1. The summed E-state index contributed by atoms with van der Waals surface area (Å²) in [6, 6.07) is 9.96. The number of hydrogen-bond donors (Lipinski definition) is 1. The smallest absolute Gasteiger partial charge is 0.243 e. The predicted molar refractivity (Wildman–Crippen MR) is 77.8 cm³/mol. The largest absolute Gasteiger partial charge is 0.340 e. The number of nitrogens with zero attached hydrogens (tertiary/aromatic N) is 4. The Balaban J connectivity index is 1.58. The maximum atomic E-state index is 5.30. The third-order valence-electron chi connectivity index (χ3n) is 3.20. The highest BCUT2D eigenvalue weighted by atomic mass is 16.5. The minimum absolute atomic E-state index is 0.0872. The second-order valence-corrected chi connectivity index (χ2v) is 5.04. The summed E-state index contributed by atoms with van der Waals surface area (Å²) in [5.41, 5.74) is 1.15. The maximum Gasteiger partial charge on any atom is 0.243 e. The molecule has 0 fully saturated rings. The predicted octanol–water partition coefficient (Wildman–Crippen LogP) is 2.20. The lowest BCUT2D eigenvalue weighted by Gasteiger charge is -2.06. The average molecular weight is 299 g/mol. The van der Waals surface area contributed by atoms with Crippen molar-refractivity contribution in [3.05, 3.63) is 59.3 Å². The zero-order chi connectivity index (χ0) is 15.4. The van der Waals surface area contributed by atoms with Gasteiger partial charge >= 0.3 is 0 Å². The van der Waals surface area contributed by atoms with Crippen molar-refractivity contribution in [2.24, 2.45) is 0 Å². The fourth-order valence-corrected chi connectivity index (χ4v) is 2.04. The molecular weight excluding hydrogens is 282 g/mol. The standard InChI is InChI=1S/C15H17N5O2/c1-10(16-9-14-17-11(2)21-20-14)15-18-13(19-22-15)8-12-6-4-3-5-7-12/h3-7,10,16H,8-9H2,1-2H3/t10-/m1/s1. The summed E-state index contributed by atoms with van der Waals surface area (Å²) in [7, 11) is 0. The van der Waals surface area contributed by atoms with Gasteiger partial charge in [-0.3, -0.25) is 5.32 Å². The lowest BCUT2D eigenvalue weighted by molar-refractivity contribution is 0.332. The van der Waals surface area contributed by atoms with Gasteiger partial charge in [-0.25, -0.2) is 0 Å². The molecule has 22 heavy (non-hydrogen) atoms. The van der Waals surface area contributed by atoms with Gasteiger partial charge in [-0.1, -0.05) is 40.6 Å². The van der Waals surface area contributed by atoms with Crippen molar-refractivity contribution in [1.82, 2.24) is 25.6 Å². The van der Waals surface area contributed by atoms with E-state index in [-0.39, 0.29) is 6.04 Å². The molecule has 3 rings (SSSR count). The van der Waals surface area contributed by atoms with Crippen molar-refractivity contribution in [2.45, 2.75) is 32.9 Å². The molecule has 7 heteroatoms. The van der Waals surface area contributed by atoms with E-state index >= 15 is 0 Å². The highest BCUT2D eigenvalue weighted by Crippen LogP contribution is 2.12. The summed E-state index contributed by atoms with van der Waals surface area (Å²) in [5, 5.41) is 11.1. The molecule has 1 N–H and O–H groups in total. The molecular formula is C15H17N5O2. The molecule has 0 aliphatic carbocycles. The van der Waals surface area contributed by atoms with Gasteiger partial charge in [0.25, 0.3) is 0 Å². The minimum atomic E-state index is -0.0872.